The van der Waals surface area contributed by atoms with Crippen LogP contribution in [0, 0.1) is 0 Å². The number of hydrogen-bond donors (Lipinski definition) is 1. The fraction of sp³-hybridized carbons (Fsp3) is 0.429. The van der Waals surface area contributed by atoms with Gasteiger partial charge in [-0.1, -0.05) is 0 Å². The van der Waals surface area contributed by atoms with Crippen LogP contribution < -0.4 is 5.32 Å². The molecule has 0 radical (unpaired) electrons. The Morgan fingerprint density at radius 2 is 2.24 bits per heavy atom. The minimum Gasteiger partial charge on any atom is -0.355 e. The third kappa shape index (κ3) is 2.87. The molecule has 1 atom stereocenters. The van der Waals surface area contributed by atoms with Gasteiger partial charge in [0.1, 0.15) is 5.01 Å². The molecule has 1 amide bonds. The van der Waals surface area contributed by atoms with Gasteiger partial charge in [0.05, 0.1) is 11.6 Å². The third-order valence-electron chi connectivity index (χ3n) is 3.48. The molecule has 1 fully saturated rings. The van der Waals surface area contributed by atoms with Crippen molar-refractivity contribution in [2.75, 3.05) is 18.4 Å². The second-order valence-corrected chi connectivity index (χ2v) is 5.78. The normalized spacial score (nSPS) is 18.0. The number of likely N-dealkylation sites (tertiary alicyclic amines) is 1. The number of nitrogens with zero attached hydrogens (tertiary/aromatic N) is 4. The van der Waals surface area contributed by atoms with Crippen LogP contribution in [0.25, 0.3) is 0 Å². The van der Waals surface area contributed by atoms with Crippen LogP contribution in [0.3, 0.4) is 0 Å². The van der Waals surface area contributed by atoms with Gasteiger partial charge in [-0.05, 0) is 19.8 Å². The van der Waals surface area contributed by atoms with E-state index in [-0.39, 0.29) is 11.9 Å². The smallest absolute Gasteiger partial charge is 0.257 e. The van der Waals surface area contributed by atoms with Crippen LogP contribution in [0.2, 0.25) is 0 Å². The molecule has 1 saturated heterocycles. The number of anilines is 1. The van der Waals surface area contributed by atoms with Gasteiger partial charge in [0.2, 0.25) is 5.95 Å². The lowest BCUT2D eigenvalue weighted by Gasteiger charge is -2.22. The van der Waals surface area contributed by atoms with E-state index in [2.05, 4.69) is 20.3 Å². The Kier molecular flexibility index (Phi) is 4.10. The summed E-state index contributed by atoms with van der Waals surface area (Å²) < 4.78 is 0. The zero-order chi connectivity index (χ0) is 14.7. The van der Waals surface area contributed by atoms with Crippen molar-refractivity contribution in [2.45, 2.75) is 25.8 Å². The zero-order valence-electron chi connectivity index (χ0n) is 11.8. The molecule has 0 aromatic carbocycles. The van der Waals surface area contributed by atoms with Crippen molar-refractivity contribution in [1.29, 1.82) is 0 Å². The molecule has 110 valence electrons. The molecule has 3 heterocycles. The summed E-state index contributed by atoms with van der Waals surface area (Å²) in [6, 6.07) is 0.0888. The van der Waals surface area contributed by atoms with Gasteiger partial charge in [0.15, 0.2) is 0 Å². The van der Waals surface area contributed by atoms with Crippen LogP contribution in [-0.4, -0.2) is 38.8 Å². The number of carbonyl (C=O) groups excluding carboxylic acids is 1. The lowest BCUT2D eigenvalue weighted by atomic mass is 10.2. The first-order valence-corrected chi connectivity index (χ1v) is 7.94. The molecule has 0 bridgehead atoms. The molecule has 0 spiro atoms. The number of amides is 1. The number of rotatable bonds is 4. The molecule has 0 aliphatic carbocycles. The van der Waals surface area contributed by atoms with Crippen LogP contribution >= 0.6 is 11.3 Å². The highest BCUT2D eigenvalue weighted by molar-refractivity contribution is 7.09. The lowest BCUT2D eigenvalue weighted by Crippen LogP contribution is -2.30. The van der Waals surface area contributed by atoms with Crippen LogP contribution in [0.15, 0.2) is 24.0 Å². The zero-order valence-corrected chi connectivity index (χ0v) is 12.6. The molecule has 2 aromatic rings. The van der Waals surface area contributed by atoms with E-state index >= 15 is 0 Å². The summed E-state index contributed by atoms with van der Waals surface area (Å²) in [7, 11) is 0. The molecule has 1 aliphatic rings. The standard InChI is InChI=1S/C14H17N5OS/c1-2-15-14-17-8-10(9-18-14)13(20)19-6-3-4-11(19)12-16-5-7-21-12/h5,7-9,11H,2-4,6H2,1H3,(H,15,17,18)/t11-/m1/s1. The first kappa shape index (κ1) is 13.9. The molecule has 6 nitrogen and oxygen atoms in total. The second kappa shape index (κ2) is 6.17. The predicted molar refractivity (Wildman–Crippen MR) is 81.3 cm³/mol. The van der Waals surface area contributed by atoms with Crippen molar-refractivity contribution in [3.63, 3.8) is 0 Å². The van der Waals surface area contributed by atoms with Crippen LogP contribution in [0.5, 0.6) is 0 Å². The number of thiazole rings is 1. The topological polar surface area (TPSA) is 71.0 Å². The number of carbonyl (C=O) groups is 1. The van der Waals surface area contributed by atoms with Gasteiger partial charge in [0.25, 0.3) is 5.91 Å². The van der Waals surface area contributed by atoms with Gasteiger partial charge in [-0.25, -0.2) is 15.0 Å². The highest BCUT2D eigenvalue weighted by Crippen LogP contribution is 2.33. The van der Waals surface area contributed by atoms with Crippen molar-refractivity contribution >= 4 is 23.2 Å². The minimum absolute atomic E-state index is 0.0178. The molecule has 7 heteroatoms. The molecule has 0 saturated carbocycles. The Hall–Kier alpha value is -2.02. The van der Waals surface area contributed by atoms with Crippen molar-refractivity contribution in [2.24, 2.45) is 0 Å². The summed E-state index contributed by atoms with van der Waals surface area (Å²) in [4.78, 5) is 27.2. The van der Waals surface area contributed by atoms with Gasteiger partial charge in [-0.3, -0.25) is 4.79 Å². The fourth-order valence-electron chi connectivity index (χ4n) is 2.52. The molecule has 2 aromatic heterocycles. The summed E-state index contributed by atoms with van der Waals surface area (Å²) >= 11 is 1.60. The number of hydrogen-bond acceptors (Lipinski definition) is 6. The fourth-order valence-corrected chi connectivity index (χ4v) is 3.30. The maximum Gasteiger partial charge on any atom is 0.257 e. The molecule has 1 N–H and O–H groups in total. The minimum atomic E-state index is -0.0178. The molecule has 3 rings (SSSR count). The highest BCUT2D eigenvalue weighted by atomic mass is 32.1. The van der Waals surface area contributed by atoms with Crippen LogP contribution in [-0.2, 0) is 0 Å². The first-order chi connectivity index (χ1) is 10.3. The largest absolute Gasteiger partial charge is 0.355 e. The Balaban J connectivity index is 1.77. The van der Waals surface area contributed by atoms with Gasteiger partial charge in [0, 0.05) is 37.1 Å². The SMILES string of the molecule is CCNc1ncc(C(=O)N2CCC[C@@H]2c2nccs2)cn1. The summed E-state index contributed by atoms with van der Waals surface area (Å²) in [6.07, 6.45) is 6.94. The van der Waals surface area contributed by atoms with E-state index in [1.807, 2.05) is 17.2 Å². The lowest BCUT2D eigenvalue weighted by molar-refractivity contribution is 0.0734. The predicted octanol–water partition coefficient (Wildman–Crippen LogP) is 2.34. The maximum absolute atomic E-state index is 12.6. The average Bonchev–Trinajstić information content (AvgIpc) is 3.18. The molecule has 1 aliphatic heterocycles. The van der Waals surface area contributed by atoms with E-state index < -0.39 is 0 Å². The monoisotopic (exact) mass is 303 g/mol. The van der Waals surface area contributed by atoms with Crippen LogP contribution in [0.1, 0.15) is 41.2 Å². The quantitative estimate of drug-likeness (QED) is 0.938. The van der Waals surface area contributed by atoms with E-state index in [0.29, 0.717) is 11.5 Å². The number of nitrogens with one attached hydrogen (secondary N) is 1. The molecular weight excluding hydrogens is 286 g/mol. The van der Waals surface area contributed by atoms with E-state index in [4.69, 9.17) is 0 Å². The summed E-state index contributed by atoms with van der Waals surface area (Å²) in [6.45, 7) is 3.49. The summed E-state index contributed by atoms with van der Waals surface area (Å²) in [5.74, 6) is 0.530. The molecule has 0 unspecified atom stereocenters. The van der Waals surface area contributed by atoms with Crippen molar-refractivity contribution in [1.82, 2.24) is 19.9 Å². The average molecular weight is 303 g/mol. The first-order valence-electron chi connectivity index (χ1n) is 7.06. The van der Waals surface area contributed by atoms with Crippen LogP contribution in [0.4, 0.5) is 5.95 Å². The van der Waals surface area contributed by atoms with E-state index in [1.165, 1.54) is 0 Å². The van der Waals surface area contributed by atoms with Gasteiger partial charge in [-0.2, -0.15) is 0 Å². The second-order valence-electron chi connectivity index (χ2n) is 4.85. The Morgan fingerprint density at radius 3 is 2.90 bits per heavy atom. The Morgan fingerprint density at radius 1 is 1.43 bits per heavy atom. The Labute approximate surface area is 127 Å². The van der Waals surface area contributed by atoms with Crippen molar-refractivity contribution < 1.29 is 4.79 Å². The summed E-state index contributed by atoms with van der Waals surface area (Å²) in [5.41, 5.74) is 0.528. The van der Waals surface area contributed by atoms with Crippen molar-refractivity contribution in [3.8, 4) is 0 Å². The molecule has 21 heavy (non-hydrogen) atoms. The van der Waals surface area contributed by atoms with Gasteiger partial charge in [-0.15, -0.1) is 11.3 Å². The third-order valence-corrected chi connectivity index (χ3v) is 4.36. The van der Waals surface area contributed by atoms with E-state index in [0.717, 1.165) is 30.9 Å². The van der Waals surface area contributed by atoms with E-state index in [1.54, 1.807) is 29.9 Å². The van der Waals surface area contributed by atoms with E-state index in [9.17, 15) is 4.79 Å². The van der Waals surface area contributed by atoms with Gasteiger partial charge < -0.3 is 10.2 Å². The number of aromatic nitrogens is 3. The van der Waals surface area contributed by atoms with Gasteiger partial charge >= 0.3 is 0 Å². The Bertz CT molecular complexity index is 598. The molecular formula is C14H17N5OS. The summed E-state index contributed by atoms with van der Waals surface area (Å²) in [5, 5.41) is 5.97. The highest BCUT2D eigenvalue weighted by Gasteiger charge is 2.32. The maximum atomic E-state index is 12.6. The van der Waals surface area contributed by atoms with Crippen molar-refractivity contribution in [3.05, 3.63) is 34.5 Å².